The van der Waals surface area contributed by atoms with E-state index in [1.54, 1.807) is 31.2 Å². The molecule has 24 heteroatoms. The molecule has 3 atom stereocenters. The maximum absolute atomic E-state index is 11.5. The third-order valence-corrected chi connectivity index (χ3v) is 8.81. The van der Waals surface area contributed by atoms with Gasteiger partial charge in [0.05, 0.1) is 0 Å². The normalized spacial score (nSPS) is 22.9. The summed E-state index contributed by atoms with van der Waals surface area (Å²) in [5, 5.41) is 12.2. The van der Waals surface area contributed by atoms with E-state index >= 15 is 0 Å². The van der Waals surface area contributed by atoms with Crippen molar-refractivity contribution in [1.29, 1.82) is 0 Å². The smallest absolute Gasteiger partial charge is 0.415 e. The first-order chi connectivity index (χ1) is 29.5. The Balaban J connectivity index is 0.000000205. The molecule has 24 nitrogen and oxygen atoms in total. The summed E-state index contributed by atoms with van der Waals surface area (Å²) < 4.78 is 27.7. The van der Waals surface area contributed by atoms with Gasteiger partial charge >= 0.3 is 36.6 Å². The standard InChI is InChI=1S/C11H11NO3.C9H7NO3.C7H11NO3.C5H7NO3.C4H5NO3.C3H3NO3/c1-11(9(13)12-10(14)15-11)7-8-5-3-2-4-6-8;11-8-7(13-9(12)10-8)6-4-2-1-3-5-6;1-3-7(4-2)5(9)8-6(10)11-7;1-5(2)3(7)6-4(8)9-5;1-2-3(6)5-4(7)8-2;5-2-1-7-3(6)4-2/h2-6H,7H2,1H3,(H,12,13,14);1-5,7H,(H,10,11,12);3-4H2,1-2H3,(H,8,9,10);1-2H3,(H,6,7,8);2H,1H3,(H,5,6,7);1H2,(H,4,5,6). The topological polar surface area (TPSA) is 332 Å². The van der Waals surface area contributed by atoms with E-state index in [2.05, 4.69) is 30.2 Å². The Morgan fingerprint density at radius 3 is 1.35 bits per heavy atom. The molecule has 0 aromatic heterocycles. The fourth-order valence-electron chi connectivity index (χ4n) is 5.29. The molecule has 6 fully saturated rings. The predicted octanol–water partition coefficient (Wildman–Crippen LogP) is 1.99. The highest BCUT2D eigenvalue weighted by Gasteiger charge is 2.46. The second-order valence-electron chi connectivity index (χ2n) is 14.0. The highest BCUT2D eigenvalue weighted by atomic mass is 16.6. The Labute approximate surface area is 357 Å². The van der Waals surface area contributed by atoms with Gasteiger partial charge in [0.1, 0.15) is 0 Å². The van der Waals surface area contributed by atoms with Gasteiger partial charge in [0.25, 0.3) is 35.4 Å². The van der Waals surface area contributed by atoms with Gasteiger partial charge in [-0.15, -0.1) is 0 Å². The van der Waals surface area contributed by atoms with E-state index in [4.69, 9.17) is 14.2 Å². The maximum atomic E-state index is 11.5. The molecule has 0 radical (unpaired) electrons. The number of hydrogen-bond acceptors (Lipinski definition) is 18. The number of carbonyl (C=O) groups excluding carboxylic acids is 12. The number of benzene rings is 2. The number of imide groups is 6. The molecule has 12 amide bonds. The van der Waals surface area contributed by atoms with Crippen LogP contribution in [0, 0.1) is 0 Å². The molecule has 6 saturated heterocycles. The number of cyclic esters (lactones) is 6. The van der Waals surface area contributed by atoms with Crippen molar-refractivity contribution in [3.63, 3.8) is 0 Å². The summed E-state index contributed by atoms with van der Waals surface area (Å²) in [4.78, 5) is 127. The third-order valence-electron chi connectivity index (χ3n) is 8.81. The molecule has 3 unspecified atom stereocenters. The number of hydrogen-bond donors (Lipinski definition) is 6. The lowest BCUT2D eigenvalue weighted by Gasteiger charge is -2.19. The number of rotatable bonds is 5. The van der Waals surface area contributed by atoms with Crippen LogP contribution in [0.25, 0.3) is 0 Å². The van der Waals surface area contributed by atoms with E-state index in [1.807, 2.05) is 66.2 Å². The summed E-state index contributed by atoms with van der Waals surface area (Å²) in [6, 6.07) is 18.3. The summed E-state index contributed by atoms with van der Waals surface area (Å²) >= 11 is 0. The first kappa shape index (κ1) is 49.4. The van der Waals surface area contributed by atoms with Crippen molar-refractivity contribution in [2.24, 2.45) is 0 Å². The molecular formula is C39H44N6O18. The van der Waals surface area contributed by atoms with Crippen LogP contribution in [0.2, 0.25) is 0 Å². The number of ether oxygens (including phenoxy) is 6. The predicted molar refractivity (Wildman–Crippen MR) is 207 cm³/mol. The van der Waals surface area contributed by atoms with Crippen molar-refractivity contribution in [2.75, 3.05) is 6.61 Å². The second-order valence-corrected chi connectivity index (χ2v) is 14.0. The van der Waals surface area contributed by atoms with Crippen LogP contribution in [-0.2, 0) is 63.6 Å². The molecule has 8 rings (SSSR count). The molecule has 6 N–H and O–H groups in total. The largest absolute Gasteiger partial charge is 0.439 e. The summed E-state index contributed by atoms with van der Waals surface area (Å²) in [7, 11) is 0. The Morgan fingerprint density at radius 1 is 0.540 bits per heavy atom. The average molecular weight is 885 g/mol. The van der Waals surface area contributed by atoms with Gasteiger partial charge in [-0.2, -0.15) is 0 Å². The summed E-state index contributed by atoms with van der Waals surface area (Å²) in [5.41, 5.74) is -1.29. The molecule has 2 aromatic carbocycles. The van der Waals surface area contributed by atoms with Gasteiger partial charge in [0, 0.05) is 12.0 Å². The highest BCUT2D eigenvalue weighted by Crippen LogP contribution is 2.25. The van der Waals surface area contributed by atoms with Gasteiger partial charge < -0.3 is 28.4 Å². The zero-order valence-electron chi connectivity index (χ0n) is 34.6. The minimum atomic E-state index is -1.07. The van der Waals surface area contributed by atoms with Gasteiger partial charge in [0.2, 0.25) is 6.10 Å². The van der Waals surface area contributed by atoms with Crippen molar-refractivity contribution in [1.82, 2.24) is 31.9 Å². The molecule has 6 heterocycles. The number of amides is 12. The molecule has 6 aliphatic rings. The van der Waals surface area contributed by atoms with Crippen LogP contribution in [0.4, 0.5) is 28.8 Å². The van der Waals surface area contributed by atoms with Gasteiger partial charge in [0.15, 0.2) is 29.5 Å². The lowest BCUT2D eigenvalue weighted by Crippen LogP contribution is -2.38. The van der Waals surface area contributed by atoms with Crippen molar-refractivity contribution in [3.05, 3.63) is 71.8 Å². The quantitative estimate of drug-likeness (QED) is 0.234. The molecule has 2 aromatic rings. The molecule has 0 bridgehead atoms. The Bertz CT molecular complexity index is 2110. The third kappa shape index (κ3) is 14.4. The number of carbonyl (C=O) groups is 12. The Morgan fingerprint density at radius 2 is 1.05 bits per heavy atom. The lowest BCUT2D eigenvalue weighted by molar-refractivity contribution is -0.132. The van der Waals surface area contributed by atoms with Crippen molar-refractivity contribution in [3.8, 4) is 0 Å². The van der Waals surface area contributed by atoms with Crippen LogP contribution < -0.4 is 31.9 Å². The molecule has 0 spiro atoms. The van der Waals surface area contributed by atoms with Crippen molar-refractivity contribution >= 4 is 72.0 Å². The zero-order valence-corrected chi connectivity index (χ0v) is 34.6. The summed E-state index contributed by atoms with van der Waals surface area (Å²) in [6.45, 7) is 9.71. The molecular weight excluding hydrogens is 840 g/mol. The van der Waals surface area contributed by atoms with Gasteiger partial charge in [-0.3, -0.25) is 60.7 Å². The van der Waals surface area contributed by atoms with Crippen LogP contribution in [0.1, 0.15) is 71.6 Å². The Kier molecular flexibility index (Phi) is 16.9. The molecule has 0 saturated carbocycles. The monoisotopic (exact) mass is 884 g/mol. The summed E-state index contributed by atoms with van der Waals surface area (Å²) in [5.74, 6) is -2.22. The van der Waals surface area contributed by atoms with E-state index < -0.39 is 71.5 Å². The van der Waals surface area contributed by atoms with Crippen LogP contribution in [-0.4, -0.2) is 102 Å². The number of nitrogens with one attached hydrogen (secondary N) is 6. The lowest BCUT2D eigenvalue weighted by atomic mass is 9.96. The van der Waals surface area contributed by atoms with Crippen LogP contribution in [0.3, 0.4) is 0 Å². The van der Waals surface area contributed by atoms with E-state index in [0.29, 0.717) is 24.8 Å². The van der Waals surface area contributed by atoms with Crippen molar-refractivity contribution < 1.29 is 86.0 Å². The zero-order chi connectivity index (χ0) is 47.1. The first-order valence-corrected chi connectivity index (χ1v) is 18.7. The minimum absolute atomic E-state index is 0.126. The van der Waals surface area contributed by atoms with Gasteiger partial charge in [-0.1, -0.05) is 74.5 Å². The van der Waals surface area contributed by atoms with E-state index in [9.17, 15) is 57.5 Å². The number of alkyl carbamates (subject to hydrolysis) is 6. The average Bonchev–Trinajstić information content (AvgIpc) is 4.03. The second kappa shape index (κ2) is 21.6. The molecule has 6 aliphatic heterocycles. The van der Waals surface area contributed by atoms with Gasteiger partial charge in [-0.05, 0) is 46.1 Å². The van der Waals surface area contributed by atoms with E-state index in [-0.39, 0.29) is 36.1 Å². The highest BCUT2D eigenvalue weighted by molar-refractivity contribution is 6.04. The summed E-state index contributed by atoms with van der Waals surface area (Å²) in [6.07, 6.45) is -3.88. The van der Waals surface area contributed by atoms with E-state index in [0.717, 1.165) is 5.56 Å². The molecule has 63 heavy (non-hydrogen) atoms. The van der Waals surface area contributed by atoms with Crippen molar-refractivity contribution in [2.45, 2.75) is 89.8 Å². The van der Waals surface area contributed by atoms with Gasteiger partial charge in [-0.25, -0.2) is 28.8 Å². The fourth-order valence-corrected chi connectivity index (χ4v) is 5.29. The fraction of sp³-hybridized carbons (Fsp3) is 0.385. The minimum Gasteiger partial charge on any atom is -0.439 e. The van der Waals surface area contributed by atoms with Crippen LogP contribution >= 0.6 is 0 Å². The molecule has 0 aliphatic carbocycles. The van der Waals surface area contributed by atoms with E-state index in [1.165, 1.54) is 20.8 Å². The Hall–Kier alpha value is -7.92. The van der Waals surface area contributed by atoms with Crippen LogP contribution in [0.5, 0.6) is 0 Å². The molecule has 338 valence electrons. The first-order valence-electron chi connectivity index (χ1n) is 18.7. The maximum Gasteiger partial charge on any atom is 0.415 e. The van der Waals surface area contributed by atoms with Crippen LogP contribution in [0.15, 0.2) is 60.7 Å². The SMILES string of the molecule is CC1(C)OC(=O)NC1=O.CC1(Cc2ccccc2)OC(=O)NC1=O.CC1OC(=O)NC1=O.CCC1(CC)OC(=O)NC1=O.O=C1COC(=O)N1.O=C1NC(=O)C(c2ccccc2)O1.